The average molecular weight is 365 g/mol. The monoisotopic (exact) mass is 364 g/mol. The first-order valence-corrected chi connectivity index (χ1v) is 8.12. The lowest BCUT2D eigenvalue weighted by Crippen LogP contribution is -2.42. The molecule has 0 aliphatic rings. The fourth-order valence-electron chi connectivity index (χ4n) is 2.00. The molecule has 1 rings (SSSR count). The molecule has 0 fully saturated rings. The van der Waals surface area contributed by atoms with Crippen LogP contribution in [0.1, 0.15) is 46.2 Å². The van der Waals surface area contributed by atoms with Crippen LogP contribution in [0.25, 0.3) is 0 Å². The summed E-state index contributed by atoms with van der Waals surface area (Å²) in [6.07, 6.45) is -0.477. The number of amides is 1. The van der Waals surface area contributed by atoms with Crippen molar-refractivity contribution in [3.8, 4) is 0 Å². The highest BCUT2D eigenvalue weighted by Crippen LogP contribution is 2.28. The molecule has 1 amide bonds. The van der Waals surface area contributed by atoms with Crippen molar-refractivity contribution in [3.05, 3.63) is 33.6 Å². The Morgan fingerprint density at radius 1 is 1.26 bits per heavy atom. The van der Waals surface area contributed by atoms with Gasteiger partial charge in [0.1, 0.15) is 11.4 Å². The third-order valence-electron chi connectivity index (χ3n) is 2.99. The SMILES string of the molecule is CC(CNC(=O)OC(C)(C)C)NC(C)c1cc(F)c(Cl)cc1Cl. The number of alkyl carbamates (subject to hydrolysis) is 1. The van der Waals surface area contributed by atoms with Gasteiger partial charge in [0.15, 0.2) is 0 Å². The van der Waals surface area contributed by atoms with E-state index in [0.717, 1.165) is 0 Å². The topological polar surface area (TPSA) is 50.4 Å². The van der Waals surface area contributed by atoms with Crippen molar-refractivity contribution < 1.29 is 13.9 Å². The maximum Gasteiger partial charge on any atom is 0.407 e. The lowest BCUT2D eigenvalue weighted by atomic mass is 10.1. The van der Waals surface area contributed by atoms with Crippen molar-refractivity contribution in [2.75, 3.05) is 6.54 Å². The first-order chi connectivity index (χ1) is 10.5. The smallest absolute Gasteiger partial charge is 0.407 e. The first kappa shape index (κ1) is 20.0. The Morgan fingerprint density at radius 3 is 2.43 bits per heavy atom. The van der Waals surface area contributed by atoms with Gasteiger partial charge in [0.25, 0.3) is 0 Å². The van der Waals surface area contributed by atoms with E-state index < -0.39 is 17.5 Å². The predicted octanol–water partition coefficient (Wildman–Crippen LogP) is 4.70. The van der Waals surface area contributed by atoms with Crippen LogP contribution in [0.15, 0.2) is 12.1 Å². The molecule has 0 saturated carbocycles. The maximum absolute atomic E-state index is 13.6. The zero-order chi connectivity index (χ0) is 17.8. The summed E-state index contributed by atoms with van der Waals surface area (Å²) in [6, 6.07) is 2.43. The van der Waals surface area contributed by atoms with Crippen molar-refractivity contribution in [2.45, 2.75) is 52.3 Å². The highest BCUT2D eigenvalue weighted by Gasteiger charge is 2.18. The maximum atomic E-state index is 13.6. The predicted molar refractivity (Wildman–Crippen MR) is 91.7 cm³/mol. The summed E-state index contributed by atoms with van der Waals surface area (Å²) < 4.78 is 18.7. The van der Waals surface area contributed by atoms with Crippen LogP contribution < -0.4 is 10.6 Å². The molecule has 0 radical (unpaired) electrons. The van der Waals surface area contributed by atoms with Gasteiger partial charge in [-0.1, -0.05) is 23.2 Å². The molecule has 23 heavy (non-hydrogen) atoms. The van der Waals surface area contributed by atoms with Crippen molar-refractivity contribution >= 4 is 29.3 Å². The van der Waals surface area contributed by atoms with Gasteiger partial charge < -0.3 is 15.4 Å². The highest BCUT2D eigenvalue weighted by molar-refractivity contribution is 6.35. The second kappa shape index (κ2) is 8.18. The number of ether oxygens (including phenoxy) is 1. The van der Waals surface area contributed by atoms with E-state index in [9.17, 15) is 9.18 Å². The molecule has 1 aromatic rings. The standard InChI is InChI=1S/C16H23Cl2FN2O2/c1-9(8-20-15(22)23-16(3,4)5)21-10(2)11-6-14(19)13(18)7-12(11)17/h6-7,9-10,21H,8H2,1-5H3,(H,20,22). The molecule has 4 nitrogen and oxygen atoms in total. The van der Waals surface area contributed by atoms with Gasteiger partial charge in [-0.3, -0.25) is 0 Å². The number of carbonyl (C=O) groups is 1. The molecule has 7 heteroatoms. The molecule has 2 atom stereocenters. The van der Waals surface area contributed by atoms with E-state index in [1.165, 1.54) is 12.1 Å². The van der Waals surface area contributed by atoms with Gasteiger partial charge in [-0.15, -0.1) is 0 Å². The van der Waals surface area contributed by atoms with Crippen molar-refractivity contribution in [2.24, 2.45) is 0 Å². The van der Waals surface area contributed by atoms with Crippen molar-refractivity contribution in [1.29, 1.82) is 0 Å². The van der Waals surface area contributed by atoms with Crippen LogP contribution in [-0.2, 0) is 4.74 Å². The fourth-order valence-corrected chi connectivity index (χ4v) is 2.54. The summed E-state index contributed by atoms with van der Waals surface area (Å²) >= 11 is 11.8. The van der Waals surface area contributed by atoms with Crippen LogP contribution in [0.2, 0.25) is 10.0 Å². The van der Waals surface area contributed by atoms with Gasteiger partial charge in [0.2, 0.25) is 0 Å². The summed E-state index contributed by atoms with van der Waals surface area (Å²) in [5.41, 5.74) is 0.0697. The lowest BCUT2D eigenvalue weighted by molar-refractivity contribution is 0.0522. The van der Waals surface area contributed by atoms with Gasteiger partial charge in [-0.05, 0) is 52.3 Å². The molecule has 0 aliphatic carbocycles. The van der Waals surface area contributed by atoms with Gasteiger partial charge in [-0.25, -0.2) is 9.18 Å². The van der Waals surface area contributed by atoms with Gasteiger partial charge in [0.05, 0.1) is 5.02 Å². The Labute approximate surface area is 146 Å². The molecule has 0 aromatic heterocycles. The summed E-state index contributed by atoms with van der Waals surface area (Å²) in [7, 11) is 0. The summed E-state index contributed by atoms with van der Waals surface area (Å²) in [4.78, 5) is 11.6. The Bertz CT molecular complexity index is 562. The van der Waals surface area contributed by atoms with Crippen LogP contribution in [0.5, 0.6) is 0 Å². The largest absolute Gasteiger partial charge is 0.444 e. The minimum atomic E-state index is -0.539. The van der Waals surface area contributed by atoms with E-state index in [4.69, 9.17) is 27.9 Å². The lowest BCUT2D eigenvalue weighted by Gasteiger charge is -2.23. The molecule has 2 unspecified atom stereocenters. The Hall–Kier alpha value is -1.04. The van der Waals surface area contributed by atoms with E-state index >= 15 is 0 Å². The second-order valence-electron chi connectivity index (χ2n) is 6.46. The fraction of sp³-hybridized carbons (Fsp3) is 0.562. The molecular formula is C16H23Cl2FN2O2. The van der Waals surface area contributed by atoms with E-state index in [-0.39, 0.29) is 17.1 Å². The Kier molecular flexibility index (Phi) is 7.11. The number of hydrogen-bond donors (Lipinski definition) is 2. The molecule has 130 valence electrons. The van der Waals surface area contributed by atoms with Crippen LogP contribution in [0, 0.1) is 5.82 Å². The van der Waals surface area contributed by atoms with E-state index in [1.807, 2.05) is 13.8 Å². The first-order valence-electron chi connectivity index (χ1n) is 7.37. The summed E-state index contributed by atoms with van der Waals surface area (Å²) in [5.74, 6) is -0.515. The number of rotatable bonds is 5. The van der Waals surface area contributed by atoms with Crippen LogP contribution >= 0.6 is 23.2 Å². The number of halogens is 3. The number of benzene rings is 1. The molecule has 2 N–H and O–H groups in total. The zero-order valence-electron chi connectivity index (χ0n) is 14.0. The van der Waals surface area contributed by atoms with Gasteiger partial charge in [0, 0.05) is 23.7 Å². The number of carbonyl (C=O) groups excluding carboxylic acids is 1. The molecular weight excluding hydrogens is 342 g/mol. The van der Waals surface area contributed by atoms with Crippen LogP contribution in [0.4, 0.5) is 9.18 Å². The number of hydrogen-bond acceptors (Lipinski definition) is 3. The second-order valence-corrected chi connectivity index (χ2v) is 7.27. The van der Waals surface area contributed by atoms with Crippen LogP contribution in [-0.4, -0.2) is 24.3 Å². The van der Waals surface area contributed by atoms with Crippen molar-refractivity contribution in [3.63, 3.8) is 0 Å². The molecule has 0 saturated heterocycles. The molecule has 0 heterocycles. The molecule has 0 bridgehead atoms. The number of nitrogens with one attached hydrogen (secondary N) is 2. The molecule has 0 aliphatic heterocycles. The zero-order valence-corrected chi connectivity index (χ0v) is 15.5. The quantitative estimate of drug-likeness (QED) is 0.744. The van der Waals surface area contributed by atoms with Gasteiger partial charge >= 0.3 is 6.09 Å². The summed E-state index contributed by atoms with van der Waals surface area (Å²) in [6.45, 7) is 9.52. The van der Waals surface area contributed by atoms with E-state index in [0.29, 0.717) is 17.1 Å². The van der Waals surface area contributed by atoms with E-state index in [2.05, 4.69) is 10.6 Å². The van der Waals surface area contributed by atoms with Gasteiger partial charge in [-0.2, -0.15) is 0 Å². The Morgan fingerprint density at radius 2 is 1.87 bits per heavy atom. The molecule has 0 spiro atoms. The summed E-state index contributed by atoms with van der Waals surface area (Å²) in [5, 5.41) is 6.30. The normalized spacial score (nSPS) is 14.3. The minimum Gasteiger partial charge on any atom is -0.444 e. The minimum absolute atomic E-state index is 0.00871. The highest BCUT2D eigenvalue weighted by atomic mass is 35.5. The molecule has 1 aromatic carbocycles. The van der Waals surface area contributed by atoms with E-state index in [1.54, 1.807) is 20.8 Å². The average Bonchev–Trinajstić information content (AvgIpc) is 2.38. The third-order valence-corrected chi connectivity index (χ3v) is 3.61. The van der Waals surface area contributed by atoms with Crippen molar-refractivity contribution in [1.82, 2.24) is 10.6 Å². The third kappa shape index (κ3) is 6.94. The Balaban J connectivity index is 2.56. The van der Waals surface area contributed by atoms with Crippen LogP contribution in [0.3, 0.4) is 0 Å².